The van der Waals surface area contributed by atoms with Gasteiger partial charge in [-0.2, -0.15) is 8.42 Å². The number of hydrogen-bond acceptors (Lipinski definition) is 5. The van der Waals surface area contributed by atoms with E-state index in [0.29, 0.717) is 0 Å². The number of para-hydroxylation sites is 1. The van der Waals surface area contributed by atoms with Gasteiger partial charge in [-0.25, -0.2) is 0 Å². The quantitative estimate of drug-likeness (QED) is 0.0964. The largest absolute Gasteiger partial charge is 0.455 e. The molecular formula is C32H24O4S3. The molecule has 0 spiro atoms. The molecule has 0 bridgehead atoms. The fourth-order valence-electron chi connectivity index (χ4n) is 4.42. The van der Waals surface area contributed by atoms with Crippen LogP contribution in [0.15, 0.2) is 129 Å². The van der Waals surface area contributed by atoms with Crippen molar-refractivity contribution in [3.05, 3.63) is 125 Å². The van der Waals surface area contributed by atoms with Crippen LogP contribution in [0.2, 0.25) is 0 Å². The lowest BCUT2D eigenvalue weighted by molar-refractivity contribution is 0.483. The van der Waals surface area contributed by atoms with Crippen molar-refractivity contribution in [2.24, 2.45) is 0 Å². The highest BCUT2D eigenvalue weighted by atomic mass is 32.2. The van der Waals surface area contributed by atoms with Crippen molar-refractivity contribution in [2.75, 3.05) is 0 Å². The summed E-state index contributed by atoms with van der Waals surface area (Å²) in [5, 5.41) is 1.88. The van der Waals surface area contributed by atoms with E-state index in [1.807, 2.05) is 67.6 Å². The molecule has 0 radical (unpaired) electrons. The maximum absolute atomic E-state index is 10.5. The van der Waals surface area contributed by atoms with Gasteiger partial charge in [-0.15, -0.1) is 12.6 Å². The monoisotopic (exact) mass is 568 g/mol. The minimum Gasteiger partial charge on any atom is -0.455 e. The molecule has 39 heavy (non-hydrogen) atoms. The molecule has 0 aliphatic heterocycles. The van der Waals surface area contributed by atoms with Gasteiger partial charge in [0.15, 0.2) is 0 Å². The molecule has 0 unspecified atom stereocenters. The first-order valence-corrected chi connectivity index (χ1v) is 14.4. The van der Waals surface area contributed by atoms with Crippen molar-refractivity contribution >= 4 is 56.9 Å². The van der Waals surface area contributed by atoms with Gasteiger partial charge in [-0.1, -0.05) is 103 Å². The summed E-state index contributed by atoms with van der Waals surface area (Å²) < 4.78 is 36.6. The number of fused-ring (bicyclic) bond motifs is 2. The van der Waals surface area contributed by atoms with Crippen LogP contribution in [0.1, 0.15) is 5.56 Å². The average molecular weight is 569 g/mol. The zero-order valence-electron chi connectivity index (χ0n) is 20.9. The Morgan fingerprint density at radius 3 is 1.95 bits per heavy atom. The molecule has 6 aromatic rings. The molecule has 0 amide bonds. The number of thiol groups is 1. The summed E-state index contributed by atoms with van der Waals surface area (Å²) >= 11 is 10.7. The Bertz CT molecular complexity index is 1950. The maximum atomic E-state index is 10.5. The minimum atomic E-state index is -4.02. The standard InChI is InChI=1S/C25H16OS2.C7H8O3S/c27-21-15-19(16-9-3-1-4-10-16)22(17-11-5-2-6-12-17)23-24(21)26-20-14-8-7-13-18(20)25(23)28;1-6-2-4-7(5-3-6)11(8,9)10/h1-15,27H;2-5H,1H3,(H,8,9,10). The van der Waals surface area contributed by atoms with Crippen LogP contribution >= 0.6 is 24.8 Å². The molecule has 0 aliphatic carbocycles. The molecule has 194 valence electrons. The lowest BCUT2D eigenvalue weighted by Crippen LogP contribution is -1.96. The summed E-state index contributed by atoms with van der Waals surface area (Å²) in [6.07, 6.45) is 0. The fraction of sp³-hybridized carbons (Fsp3) is 0.0312. The molecule has 4 nitrogen and oxygen atoms in total. The van der Waals surface area contributed by atoms with Crippen LogP contribution in [-0.2, 0) is 10.1 Å². The van der Waals surface area contributed by atoms with Crippen LogP contribution in [0.5, 0.6) is 0 Å². The summed E-state index contributed by atoms with van der Waals surface area (Å²) in [6.45, 7) is 1.84. The van der Waals surface area contributed by atoms with E-state index in [1.54, 1.807) is 12.1 Å². The molecular weight excluding hydrogens is 545 g/mol. The third-order valence-electron chi connectivity index (χ3n) is 6.30. The van der Waals surface area contributed by atoms with Crippen LogP contribution in [0, 0.1) is 11.4 Å². The van der Waals surface area contributed by atoms with Gasteiger partial charge in [-0.3, -0.25) is 4.55 Å². The van der Waals surface area contributed by atoms with Gasteiger partial charge in [0.2, 0.25) is 0 Å². The molecule has 7 heteroatoms. The van der Waals surface area contributed by atoms with Crippen molar-refractivity contribution in [1.82, 2.24) is 0 Å². The zero-order valence-corrected chi connectivity index (χ0v) is 23.4. The minimum absolute atomic E-state index is 0.0666. The highest BCUT2D eigenvalue weighted by molar-refractivity contribution is 7.85. The van der Waals surface area contributed by atoms with E-state index in [2.05, 4.69) is 30.3 Å². The first kappa shape index (κ1) is 26.8. The Kier molecular flexibility index (Phi) is 7.68. The Hall–Kier alpha value is -3.75. The second-order valence-electron chi connectivity index (χ2n) is 8.97. The molecule has 0 saturated heterocycles. The molecule has 1 N–H and O–H groups in total. The normalized spacial score (nSPS) is 11.3. The summed E-state index contributed by atoms with van der Waals surface area (Å²) in [7, 11) is -4.02. The molecule has 0 saturated carbocycles. The van der Waals surface area contributed by atoms with Crippen LogP contribution in [0.4, 0.5) is 0 Å². The lowest BCUT2D eigenvalue weighted by Gasteiger charge is -2.16. The van der Waals surface area contributed by atoms with Gasteiger partial charge in [0.1, 0.15) is 11.2 Å². The molecule has 1 heterocycles. The zero-order chi connectivity index (χ0) is 27.6. The summed E-state index contributed by atoms with van der Waals surface area (Å²) in [5.74, 6) is 0. The van der Waals surface area contributed by atoms with Crippen LogP contribution < -0.4 is 0 Å². The van der Waals surface area contributed by atoms with Gasteiger partial charge in [-0.05, 0) is 53.9 Å². The van der Waals surface area contributed by atoms with Gasteiger partial charge in [0.05, 0.1) is 9.41 Å². The number of aryl methyl sites for hydroxylation is 1. The summed E-state index contributed by atoms with van der Waals surface area (Å²) in [6, 6.07) is 36.7. The van der Waals surface area contributed by atoms with Gasteiger partial charge < -0.3 is 4.42 Å². The molecule has 6 rings (SSSR count). The number of hydrogen-bond donors (Lipinski definition) is 2. The Labute approximate surface area is 237 Å². The average Bonchev–Trinajstić information content (AvgIpc) is 2.94. The molecule has 0 atom stereocenters. The highest BCUT2D eigenvalue weighted by Gasteiger charge is 2.18. The van der Waals surface area contributed by atoms with Crippen molar-refractivity contribution < 1.29 is 17.4 Å². The number of benzene rings is 5. The predicted octanol–water partition coefficient (Wildman–Crippen LogP) is 9.18. The maximum Gasteiger partial charge on any atom is 0.294 e. The smallest absolute Gasteiger partial charge is 0.294 e. The fourth-order valence-corrected chi connectivity index (χ4v) is 5.55. The van der Waals surface area contributed by atoms with Crippen molar-refractivity contribution in [3.63, 3.8) is 0 Å². The number of rotatable bonds is 3. The highest BCUT2D eigenvalue weighted by Crippen LogP contribution is 2.43. The first-order chi connectivity index (χ1) is 18.7. The van der Waals surface area contributed by atoms with Crippen molar-refractivity contribution in [3.8, 4) is 22.3 Å². The Balaban J connectivity index is 0.000000237. The van der Waals surface area contributed by atoms with Gasteiger partial charge in [0, 0.05) is 21.2 Å². The van der Waals surface area contributed by atoms with E-state index in [9.17, 15) is 8.42 Å². The van der Waals surface area contributed by atoms with Crippen LogP contribution in [-0.4, -0.2) is 13.0 Å². The lowest BCUT2D eigenvalue weighted by atomic mass is 9.91. The van der Waals surface area contributed by atoms with E-state index in [-0.39, 0.29) is 4.90 Å². The van der Waals surface area contributed by atoms with E-state index < -0.39 is 10.1 Å². The Morgan fingerprint density at radius 1 is 0.769 bits per heavy atom. The molecule has 5 aromatic carbocycles. The second kappa shape index (κ2) is 11.2. The predicted molar refractivity (Wildman–Crippen MR) is 164 cm³/mol. The topological polar surface area (TPSA) is 67.5 Å². The Morgan fingerprint density at radius 2 is 1.33 bits per heavy atom. The SMILES string of the molecule is Cc1ccc(S(=O)(=O)O)cc1.S=c1c2ccccc2oc2c(S)cc(-c3ccccc3)c(-c3ccccc3)c12. The molecule has 1 aromatic heterocycles. The summed E-state index contributed by atoms with van der Waals surface area (Å²) in [4.78, 5) is 0.716. The van der Waals surface area contributed by atoms with E-state index in [4.69, 9.17) is 33.8 Å². The third-order valence-corrected chi connectivity index (χ3v) is 7.92. The van der Waals surface area contributed by atoms with E-state index >= 15 is 0 Å². The van der Waals surface area contributed by atoms with Gasteiger partial charge >= 0.3 is 0 Å². The van der Waals surface area contributed by atoms with Gasteiger partial charge in [0.25, 0.3) is 10.1 Å². The van der Waals surface area contributed by atoms with Crippen molar-refractivity contribution in [2.45, 2.75) is 16.7 Å². The molecule has 0 aliphatic rings. The third kappa shape index (κ3) is 5.67. The van der Waals surface area contributed by atoms with Crippen LogP contribution in [0.25, 0.3) is 44.2 Å². The van der Waals surface area contributed by atoms with Crippen molar-refractivity contribution in [1.29, 1.82) is 0 Å². The van der Waals surface area contributed by atoms with E-state index in [1.165, 1.54) is 12.1 Å². The second-order valence-corrected chi connectivity index (χ2v) is 11.3. The molecule has 0 fully saturated rings. The summed E-state index contributed by atoms with van der Waals surface area (Å²) in [5.41, 5.74) is 6.88. The first-order valence-electron chi connectivity index (χ1n) is 12.1. The van der Waals surface area contributed by atoms with E-state index in [0.717, 1.165) is 59.2 Å². The van der Waals surface area contributed by atoms with Crippen LogP contribution in [0.3, 0.4) is 0 Å².